The molecule has 8 nitrogen and oxygen atoms in total. The molecule has 0 aliphatic carbocycles. The Morgan fingerprint density at radius 1 is 0.977 bits per heavy atom. The number of nitrogens with one attached hydrogen (secondary N) is 2. The number of urea groups is 1. The van der Waals surface area contributed by atoms with Gasteiger partial charge in [-0.3, -0.25) is 4.90 Å². The third-order valence-electron chi connectivity index (χ3n) is 8.61. The lowest BCUT2D eigenvalue weighted by molar-refractivity contribution is -0.276. The van der Waals surface area contributed by atoms with E-state index in [9.17, 15) is 9.90 Å². The summed E-state index contributed by atoms with van der Waals surface area (Å²) < 4.78 is 19.0. The van der Waals surface area contributed by atoms with Crippen LogP contribution >= 0.6 is 0 Å². The number of aliphatic hydroxyl groups is 1. The number of nitrogens with zero attached hydrogens (tertiary/aromatic N) is 1. The third kappa shape index (κ3) is 7.82. The fraction of sp³-hybridized carbons (Fsp3) is 0.457. The van der Waals surface area contributed by atoms with Gasteiger partial charge in [0.2, 0.25) is 0 Å². The predicted octanol–water partition coefficient (Wildman–Crippen LogP) is 5.57. The molecule has 3 N–H and O–H groups in total. The quantitative estimate of drug-likeness (QED) is 0.272. The van der Waals surface area contributed by atoms with E-state index in [-0.39, 0.29) is 30.8 Å². The van der Waals surface area contributed by atoms with Gasteiger partial charge in [0.15, 0.2) is 6.29 Å². The fourth-order valence-corrected chi connectivity index (χ4v) is 6.21. The molecule has 0 unspecified atom stereocenters. The van der Waals surface area contributed by atoms with Gasteiger partial charge in [0.25, 0.3) is 0 Å². The summed E-state index contributed by atoms with van der Waals surface area (Å²) in [4.78, 5) is 14.4. The maximum Gasteiger partial charge on any atom is 0.315 e. The van der Waals surface area contributed by atoms with Crippen molar-refractivity contribution < 1.29 is 24.1 Å². The average Bonchev–Trinajstić information content (AvgIpc) is 3.48. The van der Waals surface area contributed by atoms with Crippen molar-refractivity contribution in [3.63, 3.8) is 0 Å². The summed E-state index contributed by atoms with van der Waals surface area (Å²) in [5, 5.41) is 15.2. The van der Waals surface area contributed by atoms with Crippen LogP contribution in [0.15, 0.2) is 72.8 Å². The first-order chi connectivity index (χ1) is 21.0. The van der Waals surface area contributed by atoms with Crippen molar-refractivity contribution in [2.24, 2.45) is 5.92 Å². The zero-order chi connectivity index (χ0) is 30.2. The van der Waals surface area contributed by atoms with Crippen molar-refractivity contribution in [1.29, 1.82) is 0 Å². The van der Waals surface area contributed by atoms with E-state index in [1.807, 2.05) is 37.3 Å². The molecule has 0 spiro atoms. The highest BCUT2D eigenvalue weighted by molar-refractivity contribution is 5.74. The number of amides is 2. The summed E-state index contributed by atoms with van der Waals surface area (Å²) in [6.07, 6.45) is 1.58. The van der Waals surface area contributed by atoms with E-state index in [1.165, 1.54) is 6.42 Å². The minimum Gasteiger partial charge on any atom is -0.392 e. The third-order valence-corrected chi connectivity index (χ3v) is 8.61. The molecule has 3 aromatic rings. The van der Waals surface area contributed by atoms with Gasteiger partial charge in [0, 0.05) is 44.3 Å². The van der Waals surface area contributed by atoms with E-state index in [0.29, 0.717) is 19.1 Å². The first kappa shape index (κ1) is 31.2. The second-order valence-corrected chi connectivity index (χ2v) is 11.6. The molecule has 2 amide bonds. The lowest BCUT2D eigenvalue weighted by atomic mass is 9.89. The Labute approximate surface area is 255 Å². The molecule has 2 saturated heterocycles. The largest absolute Gasteiger partial charge is 0.392 e. The molecule has 5 atom stereocenters. The first-order valence-electron chi connectivity index (χ1n) is 15.4. The minimum absolute atomic E-state index is 0.0154. The maximum atomic E-state index is 11.9. The highest BCUT2D eigenvalue weighted by Gasteiger charge is 2.40. The predicted molar refractivity (Wildman–Crippen MR) is 167 cm³/mol. The van der Waals surface area contributed by atoms with Crippen molar-refractivity contribution in [2.75, 3.05) is 33.4 Å². The number of rotatable bonds is 11. The number of carbonyl (C=O) groups is 1. The Balaban J connectivity index is 1.39. The SMILES string of the molecule is CCNC(=O)NCc1cccc(-c2cccc([C@@H]3O[C@H](CN4CCC[C@H]4COC)[C@H](C)[C@H](c4ccc(CO)cc4)O3)c2)c1. The molecule has 2 aliphatic heterocycles. The zero-order valence-corrected chi connectivity index (χ0v) is 25.5. The van der Waals surface area contributed by atoms with Gasteiger partial charge in [0.1, 0.15) is 0 Å². The highest BCUT2D eigenvalue weighted by Crippen LogP contribution is 2.43. The molecule has 8 heteroatoms. The second-order valence-electron chi connectivity index (χ2n) is 11.6. The Bertz CT molecular complexity index is 1330. The maximum absolute atomic E-state index is 11.9. The van der Waals surface area contributed by atoms with E-state index >= 15 is 0 Å². The van der Waals surface area contributed by atoms with Crippen LogP contribution in [0.3, 0.4) is 0 Å². The van der Waals surface area contributed by atoms with E-state index in [0.717, 1.165) is 59.5 Å². The minimum atomic E-state index is -0.533. The number of hydrogen-bond acceptors (Lipinski definition) is 6. The summed E-state index contributed by atoms with van der Waals surface area (Å²) >= 11 is 0. The van der Waals surface area contributed by atoms with Crippen LogP contribution in [0.5, 0.6) is 0 Å². The number of ether oxygens (including phenoxy) is 3. The van der Waals surface area contributed by atoms with Crippen LogP contribution in [-0.4, -0.2) is 61.5 Å². The molecule has 230 valence electrons. The average molecular weight is 588 g/mol. The van der Waals surface area contributed by atoms with E-state index in [1.54, 1.807) is 7.11 Å². The van der Waals surface area contributed by atoms with Gasteiger partial charge in [-0.25, -0.2) is 4.79 Å². The molecule has 3 aromatic carbocycles. The van der Waals surface area contributed by atoms with Crippen LogP contribution in [0.2, 0.25) is 0 Å². The normalized spacial score (nSPS) is 24.1. The Kier molecular flexibility index (Phi) is 10.8. The van der Waals surface area contributed by atoms with Crippen LogP contribution in [0.25, 0.3) is 11.1 Å². The van der Waals surface area contributed by atoms with E-state index in [2.05, 4.69) is 64.9 Å². The van der Waals surface area contributed by atoms with Crippen LogP contribution in [0.1, 0.15) is 61.3 Å². The van der Waals surface area contributed by atoms with Crippen LogP contribution in [-0.2, 0) is 27.4 Å². The van der Waals surface area contributed by atoms with Crippen molar-refractivity contribution in [3.8, 4) is 11.1 Å². The monoisotopic (exact) mass is 587 g/mol. The van der Waals surface area contributed by atoms with E-state index in [4.69, 9.17) is 14.2 Å². The molecular formula is C35H45N3O5. The summed E-state index contributed by atoms with van der Waals surface area (Å²) in [5.41, 5.74) is 6.08. The topological polar surface area (TPSA) is 92.3 Å². The van der Waals surface area contributed by atoms with Gasteiger partial charge in [-0.05, 0) is 66.3 Å². The van der Waals surface area contributed by atoms with Crippen molar-refractivity contribution >= 4 is 6.03 Å². The molecule has 0 bridgehead atoms. The summed E-state index contributed by atoms with van der Waals surface area (Å²) in [6.45, 7) is 7.76. The summed E-state index contributed by atoms with van der Waals surface area (Å²) in [7, 11) is 1.77. The van der Waals surface area contributed by atoms with Gasteiger partial charge in [-0.2, -0.15) is 0 Å². The van der Waals surface area contributed by atoms with Crippen LogP contribution in [0, 0.1) is 5.92 Å². The zero-order valence-electron chi connectivity index (χ0n) is 25.5. The number of carbonyl (C=O) groups excluding carboxylic acids is 1. The number of likely N-dealkylation sites (tertiary alicyclic amines) is 1. The van der Waals surface area contributed by atoms with Gasteiger partial charge in [-0.1, -0.05) is 67.6 Å². The number of benzene rings is 3. The van der Waals surface area contributed by atoms with Gasteiger partial charge in [0.05, 0.1) is 25.4 Å². The summed E-state index contributed by atoms with van der Waals surface area (Å²) in [5.74, 6) is 0.122. The molecule has 0 radical (unpaired) electrons. The standard InChI is InChI=1S/C35H45N3O5/c1-4-36-35(40)37-20-26-8-5-9-28(18-26)29-10-6-11-30(19-29)34-42-32(21-38-17-7-12-31(38)23-41-3)24(2)33(43-34)27-15-13-25(22-39)14-16-27/h5-6,8-11,13-16,18-19,24,31-34,39H,4,7,12,17,20-23H2,1-3H3,(H2,36,37,40)/t24-,31-,32+,33+,34+/m0/s1. The fourth-order valence-electron chi connectivity index (χ4n) is 6.21. The van der Waals surface area contributed by atoms with Gasteiger partial charge >= 0.3 is 6.03 Å². The van der Waals surface area contributed by atoms with Gasteiger partial charge in [-0.15, -0.1) is 0 Å². The molecule has 2 heterocycles. The number of aliphatic hydroxyl groups excluding tert-OH is 1. The Hall–Kier alpha value is -3.27. The lowest BCUT2D eigenvalue weighted by Crippen LogP contribution is -2.46. The molecular weight excluding hydrogens is 542 g/mol. The summed E-state index contributed by atoms with van der Waals surface area (Å²) in [6, 6.07) is 24.8. The highest BCUT2D eigenvalue weighted by atomic mass is 16.7. The van der Waals surface area contributed by atoms with Crippen LogP contribution in [0.4, 0.5) is 4.79 Å². The molecule has 2 aliphatic rings. The number of hydrogen-bond donors (Lipinski definition) is 3. The van der Waals surface area contributed by atoms with Crippen molar-refractivity contribution in [1.82, 2.24) is 15.5 Å². The molecule has 2 fully saturated rings. The lowest BCUT2D eigenvalue weighted by Gasteiger charge is -2.43. The molecule has 43 heavy (non-hydrogen) atoms. The molecule has 0 saturated carbocycles. The van der Waals surface area contributed by atoms with Crippen molar-refractivity contribution in [2.45, 2.75) is 64.4 Å². The smallest absolute Gasteiger partial charge is 0.315 e. The Morgan fingerprint density at radius 3 is 2.49 bits per heavy atom. The molecule has 5 rings (SSSR count). The first-order valence-corrected chi connectivity index (χ1v) is 15.4. The number of methoxy groups -OCH3 is 1. The van der Waals surface area contributed by atoms with Crippen molar-refractivity contribution in [3.05, 3.63) is 95.1 Å². The van der Waals surface area contributed by atoms with E-state index < -0.39 is 6.29 Å². The molecule has 0 aromatic heterocycles. The Morgan fingerprint density at radius 2 is 1.74 bits per heavy atom. The van der Waals surface area contributed by atoms with Crippen LogP contribution < -0.4 is 10.6 Å². The van der Waals surface area contributed by atoms with Gasteiger partial charge < -0.3 is 30.0 Å². The second kappa shape index (κ2) is 14.9.